The molecule has 1 aromatic heterocycles. The minimum absolute atomic E-state index is 0.0319. The normalized spacial score (nSPS) is 10.7. The van der Waals surface area contributed by atoms with Crippen molar-refractivity contribution >= 4 is 16.9 Å². The molecule has 0 bridgehead atoms. The van der Waals surface area contributed by atoms with Crippen LogP contribution >= 0.6 is 0 Å². The lowest BCUT2D eigenvalue weighted by atomic mass is 10.1. The van der Waals surface area contributed by atoms with Gasteiger partial charge in [-0.1, -0.05) is 12.1 Å². The fourth-order valence-electron chi connectivity index (χ4n) is 3.02. The number of nitrogens with zero attached hydrogens (tertiary/aromatic N) is 1. The number of carbonyl (C=O) groups is 1. The fraction of sp³-hybridized carbons (Fsp3) is 0.333. The molecule has 0 saturated heterocycles. The van der Waals surface area contributed by atoms with E-state index in [4.69, 9.17) is 9.47 Å². The molecule has 2 N–H and O–H groups in total. The number of rotatable bonds is 9. The number of nitrogens with one attached hydrogen (secondary N) is 2. The number of aromatic nitrogens is 2. The number of benzene rings is 2. The summed E-state index contributed by atoms with van der Waals surface area (Å²) >= 11 is 0. The van der Waals surface area contributed by atoms with E-state index in [1.165, 1.54) is 0 Å². The van der Waals surface area contributed by atoms with Gasteiger partial charge in [-0.15, -0.1) is 0 Å². The quantitative estimate of drug-likeness (QED) is 0.569. The summed E-state index contributed by atoms with van der Waals surface area (Å²) in [5, 5.41) is 2.97. The Kier molecular flexibility index (Phi) is 6.30. The maximum absolute atomic E-state index is 12.1. The van der Waals surface area contributed by atoms with Crippen molar-refractivity contribution in [3.05, 3.63) is 53.9 Å². The smallest absolute Gasteiger partial charge is 0.220 e. The van der Waals surface area contributed by atoms with Crippen molar-refractivity contribution in [1.82, 2.24) is 15.3 Å². The largest absolute Gasteiger partial charge is 0.497 e. The number of methoxy groups -OCH3 is 2. The summed E-state index contributed by atoms with van der Waals surface area (Å²) in [4.78, 5) is 20.0. The van der Waals surface area contributed by atoms with E-state index in [-0.39, 0.29) is 5.91 Å². The molecular formula is C21H25N3O3. The summed E-state index contributed by atoms with van der Waals surface area (Å²) in [5.74, 6) is 2.52. The van der Waals surface area contributed by atoms with Crippen LogP contribution in [0.25, 0.3) is 11.0 Å². The summed E-state index contributed by atoms with van der Waals surface area (Å²) in [5.41, 5.74) is 2.99. The van der Waals surface area contributed by atoms with Crippen molar-refractivity contribution < 1.29 is 14.3 Å². The second-order valence-electron chi connectivity index (χ2n) is 6.33. The zero-order chi connectivity index (χ0) is 19.1. The van der Waals surface area contributed by atoms with E-state index < -0.39 is 0 Å². The van der Waals surface area contributed by atoms with Gasteiger partial charge in [0.2, 0.25) is 5.91 Å². The molecule has 0 aliphatic rings. The van der Waals surface area contributed by atoms with Gasteiger partial charge in [-0.2, -0.15) is 0 Å². The topological polar surface area (TPSA) is 76.2 Å². The first-order valence-corrected chi connectivity index (χ1v) is 9.11. The molecule has 1 amide bonds. The molecule has 0 fully saturated rings. The first kappa shape index (κ1) is 18.8. The lowest BCUT2D eigenvalue weighted by molar-refractivity contribution is -0.121. The van der Waals surface area contributed by atoms with E-state index >= 15 is 0 Å². The average Bonchev–Trinajstić information content (AvgIpc) is 3.12. The van der Waals surface area contributed by atoms with Crippen LogP contribution in [0, 0.1) is 0 Å². The molecule has 3 rings (SSSR count). The van der Waals surface area contributed by atoms with Crippen LogP contribution in [0.4, 0.5) is 0 Å². The minimum Gasteiger partial charge on any atom is -0.497 e. The zero-order valence-electron chi connectivity index (χ0n) is 15.7. The Balaban J connectivity index is 1.42. The van der Waals surface area contributed by atoms with Gasteiger partial charge in [0.1, 0.15) is 17.3 Å². The fourth-order valence-corrected chi connectivity index (χ4v) is 3.02. The van der Waals surface area contributed by atoms with Crippen molar-refractivity contribution in [1.29, 1.82) is 0 Å². The van der Waals surface area contributed by atoms with Gasteiger partial charge in [-0.05, 0) is 48.7 Å². The molecule has 0 atom stereocenters. The molecule has 6 heteroatoms. The number of fused-ring (bicyclic) bond motifs is 1. The van der Waals surface area contributed by atoms with Gasteiger partial charge in [-0.3, -0.25) is 4.79 Å². The molecular weight excluding hydrogens is 342 g/mol. The second-order valence-corrected chi connectivity index (χ2v) is 6.33. The number of imidazole rings is 1. The number of aromatic amines is 1. The number of H-pyrrole nitrogens is 1. The Hall–Kier alpha value is -3.02. The number of carbonyl (C=O) groups excluding carboxylic acids is 1. The number of ether oxygens (including phenoxy) is 2. The summed E-state index contributed by atoms with van der Waals surface area (Å²) in [6, 6.07) is 13.6. The summed E-state index contributed by atoms with van der Waals surface area (Å²) in [6.07, 6.45) is 2.66. The number of para-hydroxylation sites is 2. The Morgan fingerprint density at radius 1 is 1.11 bits per heavy atom. The summed E-state index contributed by atoms with van der Waals surface area (Å²) in [6.45, 7) is 0.630. The zero-order valence-corrected chi connectivity index (χ0v) is 15.7. The van der Waals surface area contributed by atoms with Gasteiger partial charge < -0.3 is 19.8 Å². The van der Waals surface area contributed by atoms with Gasteiger partial charge in [0, 0.05) is 19.4 Å². The monoisotopic (exact) mass is 367 g/mol. The SMILES string of the molecule is COc1ccc(OC)c(CCC(=O)NCCCc2nc3ccccc3[nH]2)c1. The molecule has 6 nitrogen and oxygen atoms in total. The predicted molar refractivity (Wildman–Crippen MR) is 105 cm³/mol. The Labute approximate surface area is 158 Å². The van der Waals surface area contributed by atoms with Crippen LogP contribution in [-0.4, -0.2) is 36.6 Å². The third kappa shape index (κ3) is 5.00. The highest BCUT2D eigenvalue weighted by Crippen LogP contribution is 2.25. The highest BCUT2D eigenvalue weighted by Gasteiger charge is 2.08. The summed E-state index contributed by atoms with van der Waals surface area (Å²) < 4.78 is 10.6. The molecule has 0 aliphatic carbocycles. The Bertz CT molecular complexity index is 872. The maximum Gasteiger partial charge on any atom is 0.220 e. The average molecular weight is 367 g/mol. The second kappa shape index (κ2) is 9.07. The predicted octanol–water partition coefficient (Wildman–Crippen LogP) is 3.26. The van der Waals surface area contributed by atoms with Crippen molar-refractivity contribution in [2.75, 3.05) is 20.8 Å². The van der Waals surface area contributed by atoms with Crippen LogP contribution in [0.2, 0.25) is 0 Å². The van der Waals surface area contributed by atoms with E-state index in [9.17, 15) is 4.79 Å². The lowest BCUT2D eigenvalue weighted by Crippen LogP contribution is -2.25. The summed E-state index contributed by atoms with van der Waals surface area (Å²) in [7, 11) is 3.25. The number of aryl methyl sites for hydroxylation is 2. The van der Waals surface area contributed by atoms with E-state index in [2.05, 4.69) is 15.3 Å². The van der Waals surface area contributed by atoms with E-state index in [0.29, 0.717) is 19.4 Å². The third-order valence-corrected chi connectivity index (χ3v) is 4.46. The van der Waals surface area contributed by atoms with E-state index in [1.54, 1.807) is 14.2 Å². The van der Waals surface area contributed by atoms with Gasteiger partial charge >= 0.3 is 0 Å². The van der Waals surface area contributed by atoms with Crippen LogP contribution in [-0.2, 0) is 17.6 Å². The van der Waals surface area contributed by atoms with Crippen molar-refractivity contribution in [2.45, 2.75) is 25.7 Å². The number of hydrogen-bond donors (Lipinski definition) is 2. The Morgan fingerprint density at radius 3 is 2.74 bits per heavy atom. The van der Waals surface area contributed by atoms with Crippen LogP contribution < -0.4 is 14.8 Å². The van der Waals surface area contributed by atoms with Crippen LogP contribution in [0.5, 0.6) is 11.5 Å². The third-order valence-electron chi connectivity index (χ3n) is 4.46. The lowest BCUT2D eigenvalue weighted by Gasteiger charge is -2.10. The standard InChI is InChI=1S/C21H25N3O3/c1-26-16-10-11-19(27-2)15(14-16)9-12-21(25)22-13-5-8-20-23-17-6-3-4-7-18(17)24-20/h3-4,6-7,10-11,14H,5,8-9,12-13H2,1-2H3,(H,22,25)(H,23,24). The molecule has 142 valence electrons. The molecule has 0 aliphatic heterocycles. The number of hydrogen-bond acceptors (Lipinski definition) is 4. The molecule has 0 unspecified atom stereocenters. The Morgan fingerprint density at radius 2 is 1.96 bits per heavy atom. The molecule has 1 heterocycles. The van der Waals surface area contributed by atoms with Gasteiger partial charge in [0.15, 0.2) is 0 Å². The molecule has 0 spiro atoms. The molecule has 0 saturated carbocycles. The van der Waals surface area contributed by atoms with Crippen LogP contribution in [0.3, 0.4) is 0 Å². The number of amides is 1. The van der Waals surface area contributed by atoms with E-state index in [0.717, 1.165) is 46.8 Å². The maximum atomic E-state index is 12.1. The van der Waals surface area contributed by atoms with Gasteiger partial charge in [0.25, 0.3) is 0 Å². The van der Waals surface area contributed by atoms with Crippen molar-refractivity contribution in [3.8, 4) is 11.5 Å². The van der Waals surface area contributed by atoms with Crippen LogP contribution in [0.1, 0.15) is 24.2 Å². The van der Waals surface area contributed by atoms with Gasteiger partial charge in [0.05, 0.1) is 25.3 Å². The molecule has 3 aromatic rings. The first-order valence-electron chi connectivity index (χ1n) is 9.11. The molecule has 2 aromatic carbocycles. The highest BCUT2D eigenvalue weighted by atomic mass is 16.5. The van der Waals surface area contributed by atoms with E-state index in [1.807, 2.05) is 42.5 Å². The van der Waals surface area contributed by atoms with Crippen molar-refractivity contribution in [2.24, 2.45) is 0 Å². The van der Waals surface area contributed by atoms with Gasteiger partial charge in [-0.25, -0.2) is 4.98 Å². The first-order chi connectivity index (χ1) is 13.2. The van der Waals surface area contributed by atoms with Crippen LogP contribution in [0.15, 0.2) is 42.5 Å². The molecule has 27 heavy (non-hydrogen) atoms. The molecule has 0 radical (unpaired) electrons. The minimum atomic E-state index is 0.0319. The van der Waals surface area contributed by atoms with Crippen molar-refractivity contribution in [3.63, 3.8) is 0 Å². The highest BCUT2D eigenvalue weighted by molar-refractivity contribution is 5.76.